The predicted octanol–water partition coefficient (Wildman–Crippen LogP) is 3.79. The number of benzene rings is 2. The molecular weight excluding hydrogens is 364 g/mol. The highest BCUT2D eigenvalue weighted by Gasteiger charge is 2.13. The van der Waals surface area contributed by atoms with Crippen molar-refractivity contribution >= 4 is 0 Å². The topological polar surface area (TPSA) is 72.8 Å². The molecule has 142 valence electrons. The number of hydrogen-bond donors (Lipinski definition) is 0. The highest BCUT2D eigenvalue weighted by atomic mass is 16.5. The molecule has 2 aromatic heterocycles. The van der Waals surface area contributed by atoms with Crippen LogP contribution in [0.25, 0.3) is 27.9 Å². The third-order valence-electron chi connectivity index (χ3n) is 4.79. The molecule has 4 rings (SSSR count). The quantitative estimate of drug-likeness (QED) is 0.538. The van der Waals surface area contributed by atoms with Gasteiger partial charge in [-0.05, 0) is 35.4 Å². The zero-order chi connectivity index (χ0) is 20.4. The monoisotopic (exact) mass is 382 g/mol. The number of para-hydroxylation sites is 1. The molecule has 2 aromatic carbocycles. The minimum atomic E-state index is -0.0956. The molecule has 0 atom stereocenters. The summed E-state index contributed by atoms with van der Waals surface area (Å²) >= 11 is 0. The molecule has 2 heterocycles. The molecule has 6 nitrogen and oxygen atoms in total. The van der Waals surface area contributed by atoms with Gasteiger partial charge in [0, 0.05) is 36.6 Å². The molecule has 29 heavy (non-hydrogen) atoms. The van der Waals surface area contributed by atoms with E-state index in [4.69, 9.17) is 4.74 Å². The molecule has 0 aliphatic heterocycles. The van der Waals surface area contributed by atoms with Crippen molar-refractivity contribution < 1.29 is 4.74 Å². The van der Waals surface area contributed by atoms with Crippen molar-refractivity contribution in [3.63, 3.8) is 0 Å². The van der Waals surface area contributed by atoms with Crippen LogP contribution in [0.15, 0.2) is 78.0 Å². The third-order valence-corrected chi connectivity index (χ3v) is 4.79. The van der Waals surface area contributed by atoms with Crippen molar-refractivity contribution in [2.24, 2.45) is 7.05 Å². The molecule has 4 aromatic rings. The Kier molecular flexibility index (Phi) is 4.71. The lowest BCUT2D eigenvalue weighted by Crippen LogP contribution is -2.15. The van der Waals surface area contributed by atoms with E-state index in [1.165, 1.54) is 0 Å². The maximum absolute atomic E-state index is 12.3. The Balaban J connectivity index is 1.85. The Labute approximate surface area is 167 Å². The lowest BCUT2D eigenvalue weighted by molar-refractivity contribution is 0.415. The fourth-order valence-electron chi connectivity index (χ4n) is 3.23. The van der Waals surface area contributed by atoms with Gasteiger partial charge < -0.3 is 9.30 Å². The predicted molar refractivity (Wildman–Crippen MR) is 111 cm³/mol. The van der Waals surface area contributed by atoms with Crippen LogP contribution in [0, 0.1) is 11.3 Å². The van der Waals surface area contributed by atoms with Crippen LogP contribution in [0.1, 0.15) is 5.56 Å². The van der Waals surface area contributed by atoms with Gasteiger partial charge in [0.05, 0.1) is 24.6 Å². The molecule has 0 aliphatic rings. The van der Waals surface area contributed by atoms with Crippen molar-refractivity contribution in [3.05, 3.63) is 89.1 Å². The van der Waals surface area contributed by atoms with Gasteiger partial charge in [-0.3, -0.25) is 4.79 Å². The van der Waals surface area contributed by atoms with Gasteiger partial charge in [0.2, 0.25) is 0 Å². The van der Waals surface area contributed by atoms with Crippen LogP contribution in [-0.2, 0) is 7.05 Å². The number of rotatable bonds is 4. The third kappa shape index (κ3) is 3.42. The summed E-state index contributed by atoms with van der Waals surface area (Å²) in [5.41, 5.74) is 4.58. The number of ether oxygens (including phenoxy) is 1. The summed E-state index contributed by atoms with van der Waals surface area (Å²) in [5, 5.41) is 13.8. The number of aryl methyl sites for hydroxylation is 1. The Hall–Kier alpha value is -4.11. The second-order valence-corrected chi connectivity index (χ2v) is 6.58. The van der Waals surface area contributed by atoms with Gasteiger partial charge in [0.1, 0.15) is 11.8 Å². The molecule has 0 saturated heterocycles. The second kappa shape index (κ2) is 7.49. The summed E-state index contributed by atoms with van der Waals surface area (Å²) in [6.45, 7) is 0. The molecule has 0 unspecified atom stereocenters. The largest absolute Gasteiger partial charge is 0.497 e. The first-order valence-corrected chi connectivity index (χ1v) is 9.00. The first-order chi connectivity index (χ1) is 14.1. The summed E-state index contributed by atoms with van der Waals surface area (Å²) < 4.78 is 8.45. The molecule has 0 fully saturated rings. The van der Waals surface area contributed by atoms with Gasteiger partial charge in [-0.15, -0.1) is 0 Å². The SMILES string of the molecule is COc1ccc(-c2cc(=O)n(C)cc2-c2cnn(-c3ccccc3C#N)c2)cc1. The minimum Gasteiger partial charge on any atom is -0.497 e. The van der Waals surface area contributed by atoms with Crippen molar-refractivity contribution in [2.75, 3.05) is 7.11 Å². The second-order valence-electron chi connectivity index (χ2n) is 6.58. The lowest BCUT2D eigenvalue weighted by atomic mass is 9.98. The molecule has 0 saturated carbocycles. The van der Waals surface area contributed by atoms with Gasteiger partial charge in [-0.25, -0.2) is 4.68 Å². The number of methoxy groups -OCH3 is 1. The average Bonchev–Trinajstić information content (AvgIpc) is 3.25. The fraction of sp³-hybridized carbons (Fsp3) is 0.0870. The van der Waals surface area contributed by atoms with Crippen molar-refractivity contribution in [1.82, 2.24) is 14.3 Å². The maximum atomic E-state index is 12.3. The molecule has 0 amide bonds. The van der Waals surface area contributed by atoms with Crippen LogP contribution < -0.4 is 10.3 Å². The van der Waals surface area contributed by atoms with Crippen LogP contribution >= 0.6 is 0 Å². The van der Waals surface area contributed by atoms with Gasteiger partial charge in [-0.2, -0.15) is 10.4 Å². The van der Waals surface area contributed by atoms with E-state index in [0.717, 1.165) is 28.0 Å². The van der Waals surface area contributed by atoms with E-state index < -0.39 is 0 Å². The van der Waals surface area contributed by atoms with Gasteiger partial charge in [0.25, 0.3) is 5.56 Å². The average molecular weight is 382 g/mol. The van der Waals surface area contributed by atoms with E-state index in [1.54, 1.807) is 47.9 Å². The zero-order valence-electron chi connectivity index (χ0n) is 16.0. The normalized spacial score (nSPS) is 10.5. The van der Waals surface area contributed by atoms with Crippen molar-refractivity contribution in [2.45, 2.75) is 0 Å². The standard InChI is InChI=1S/C23H18N4O2/c1-26-15-21(20(11-23(26)28)16-7-9-19(29-2)10-8-16)18-13-25-27(14-18)22-6-4-3-5-17(22)12-24/h3-11,13-15H,1-2H3. The van der Waals surface area contributed by atoms with E-state index in [9.17, 15) is 10.1 Å². The van der Waals surface area contributed by atoms with Crippen molar-refractivity contribution in [1.29, 1.82) is 5.26 Å². The molecule has 0 bridgehead atoms. The fourth-order valence-corrected chi connectivity index (χ4v) is 3.23. The molecule has 0 spiro atoms. The first kappa shape index (κ1) is 18.3. The molecule has 0 N–H and O–H groups in total. The Morgan fingerprint density at radius 1 is 1.00 bits per heavy atom. The molecule has 6 heteroatoms. The minimum absolute atomic E-state index is 0.0956. The van der Waals surface area contributed by atoms with E-state index in [0.29, 0.717) is 11.3 Å². The number of hydrogen-bond acceptors (Lipinski definition) is 4. The van der Waals surface area contributed by atoms with E-state index in [2.05, 4.69) is 11.2 Å². The van der Waals surface area contributed by atoms with Crippen LogP contribution in [0.2, 0.25) is 0 Å². The van der Waals surface area contributed by atoms with Gasteiger partial charge in [-0.1, -0.05) is 24.3 Å². The number of nitrogens with zero attached hydrogens (tertiary/aromatic N) is 4. The number of nitriles is 1. The highest BCUT2D eigenvalue weighted by molar-refractivity contribution is 5.82. The zero-order valence-corrected chi connectivity index (χ0v) is 16.0. The van der Waals surface area contributed by atoms with Crippen molar-refractivity contribution in [3.8, 4) is 39.8 Å². The van der Waals surface area contributed by atoms with Crippen LogP contribution in [0.5, 0.6) is 5.75 Å². The Morgan fingerprint density at radius 2 is 1.76 bits per heavy atom. The lowest BCUT2D eigenvalue weighted by Gasteiger charge is -2.11. The summed E-state index contributed by atoms with van der Waals surface area (Å²) in [6.07, 6.45) is 5.41. The molecular formula is C23H18N4O2. The summed E-state index contributed by atoms with van der Waals surface area (Å²) in [4.78, 5) is 12.3. The van der Waals surface area contributed by atoms with Gasteiger partial charge >= 0.3 is 0 Å². The number of pyridine rings is 1. The molecule has 0 aliphatic carbocycles. The van der Waals surface area contributed by atoms with E-state index in [1.807, 2.05) is 48.7 Å². The van der Waals surface area contributed by atoms with Crippen LogP contribution in [0.3, 0.4) is 0 Å². The number of aromatic nitrogens is 3. The van der Waals surface area contributed by atoms with E-state index in [-0.39, 0.29) is 5.56 Å². The Bertz CT molecular complexity index is 1280. The summed E-state index contributed by atoms with van der Waals surface area (Å²) in [5.74, 6) is 0.750. The first-order valence-electron chi connectivity index (χ1n) is 9.00. The maximum Gasteiger partial charge on any atom is 0.250 e. The highest BCUT2D eigenvalue weighted by Crippen LogP contribution is 2.32. The smallest absolute Gasteiger partial charge is 0.250 e. The summed E-state index contributed by atoms with van der Waals surface area (Å²) in [7, 11) is 3.34. The summed E-state index contributed by atoms with van der Waals surface area (Å²) in [6, 6.07) is 18.7. The van der Waals surface area contributed by atoms with Crippen LogP contribution in [0.4, 0.5) is 0 Å². The van der Waals surface area contributed by atoms with E-state index >= 15 is 0 Å². The Morgan fingerprint density at radius 3 is 2.48 bits per heavy atom. The van der Waals surface area contributed by atoms with Crippen LogP contribution in [-0.4, -0.2) is 21.5 Å². The molecule has 0 radical (unpaired) electrons. The van der Waals surface area contributed by atoms with Gasteiger partial charge in [0.15, 0.2) is 0 Å².